The maximum Gasteiger partial charge on any atom is 0.329 e. The Balaban J connectivity index is 2.40. The summed E-state index contributed by atoms with van der Waals surface area (Å²) in [7, 11) is 0. The van der Waals surface area contributed by atoms with Crippen LogP contribution in [-0.2, 0) is 4.79 Å². The second-order valence-electron chi connectivity index (χ2n) is 5.72. The molecule has 0 radical (unpaired) electrons. The molecule has 1 aliphatic heterocycles. The topological polar surface area (TPSA) is 83.4 Å². The summed E-state index contributed by atoms with van der Waals surface area (Å²) in [6.07, 6.45) is 2.47. The van der Waals surface area contributed by atoms with Gasteiger partial charge in [0.2, 0.25) is 0 Å². The van der Waals surface area contributed by atoms with E-state index in [1.54, 1.807) is 6.92 Å². The van der Waals surface area contributed by atoms with Gasteiger partial charge in [0.15, 0.2) is 5.69 Å². The first-order chi connectivity index (χ1) is 9.77. The van der Waals surface area contributed by atoms with Gasteiger partial charge < -0.3 is 10.0 Å². The predicted molar refractivity (Wildman–Crippen MR) is 77.4 cm³/mol. The smallest absolute Gasteiger partial charge is 0.329 e. The molecule has 0 bridgehead atoms. The van der Waals surface area contributed by atoms with Crippen LogP contribution < -0.4 is 0 Å². The minimum absolute atomic E-state index is 0.0539. The second kappa shape index (κ2) is 5.60. The molecule has 1 atom stereocenters. The van der Waals surface area contributed by atoms with Crippen molar-refractivity contribution in [1.82, 2.24) is 14.9 Å². The molecule has 2 rings (SSSR count). The van der Waals surface area contributed by atoms with Gasteiger partial charge in [-0.05, 0) is 19.8 Å². The van der Waals surface area contributed by atoms with Crippen LogP contribution in [-0.4, -0.2) is 43.9 Å². The fourth-order valence-corrected chi connectivity index (χ4v) is 2.62. The Morgan fingerprint density at radius 2 is 2.14 bits per heavy atom. The minimum atomic E-state index is -1.21. The lowest BCUT2D eigenvalue weighted by Crippen LogP contribution is -2.51. The van der Waals surface area contributed by atoms with Crippen LogP contribution >= 0.6 is 11.6 Å². The fourth-order valence-electron chi connectivity index (χ4n) is 2.45. The molecule has 1 unspecified atom stereocenters. The van der Waals surface area contributed by atoms with Gasteiger partial charge in [0.1, 0.15) is 11.4 Å². The summed E-state index contributed by atoms with van der Waals surface area (Å²) in [5.41, 5.74) is -1.13. The third-order valence-electron chi connectivity index (χ3n) is 3.83. The summed E-state index contributed by atoms with van der Waals surface area (Å²) in [6, 6.07) is 0. The Hall–Kier alpha value is -1.69. The highest BCUT2D eigenvalue weighted by atomic mass is 35.5. The summed E-state index contributed by atoms with van der Waals surface area (Å²) in [5, 5.41) is 9.53. The molecule has 1 aromatic heterocycles. The number of hydrogen-bond donors (Lipinski definition) is 1. The van der Waals surface area contributed by atoms with Gasteiger partial charge in [-0.25, -0.2) is 14.8 Å². The molecule has 1 fully saturated rings. The van der Waals surface area contributed by atoms with Gasteiger partial charge in [-0.1, -0.05) is 25.4 Å². The lowest BCUT2D eigenvalue weighted by atomic mass is 9.99. The van der Waals surface area contributed by atoms with Crippen LogP contribution in [0.25, 0.3) is 0 Å². The average Bonchev–Trinajstić information content (AvgIpc) is 2.81. The first-order valence-electron chi connectivity index (χ1n) is 6.85. The Morgan fingerprint density at radius 1 is 1.48 bits per heavy atom. The Labute approximate surface area is 128 Å². The molecule has 2 heterocycles. The quantitative estimate of drug-likeness (QED) is 0.926. The standard InChI is InChI=1S/C14H18ClN3O3/c1-8(2)11-16-7-9(15)10(17-11)12(19)18-6-4-5-14(18,3)13(20)21/h7-8H,4-6H2,1-3H3,(H,20,21). The van der Waals surface area contributed by atoms with E-state index in [-0.39, 0.29) is 16.6 Å². The molecule has 0 spiro atoms. The maximum atomic E-state index is 12.7. The number of halogens is 1. The second-order valence-corrected chi connectivity index (χ2v) is 6.13. The normalized spacial score (nSPS) is 21.9. The van der Waals surface area contributed by atoms with E-state index in [0.29, 0.717) is 25.2 Å². The highest BCUT2D eigenvalue weighted by molar-refractivity contribution is 6.33. The van der Waals surface area contributed by atoms with Crippen molar-refractivity contribution in [2.45, 2.75) is 45.1 Å². The highest BCUT2D eigenvalue weighted by Crippen LogP contribution is 2.31. The molecule has 7 heteroatoms. The zero-order chi connectivity index (χ0) is 15.8. The average molecular weight is 312 g/mol. The van der Waals surface area contributed by atoms with Crippen molar-refractivity contribution in [3.05, 3.63) is 22.7 Å². The third-order valence-corrected chi connectivity index (χ3v) is 4.11. The van der Waals surface area contributed by atoms with Crippen LogP contribution in [0.4, 0.5) is 0 Å². The van der Waals surface area contributed by atoms with Gasteiger partial charge in [-0.3, -0.25) is 4.79 Å². The molecule has 1 N–H and O–H groups in total. The summed E-state index contributed by atoms with van der Waals surface area (Å²) in [5.74, 6) is -0.897. The van der Waals surface area contributed by atoms with Crippen LogP contribution in [0.5, 0.6) is 0 Å². The molecule has 0 aliphatic carbocycles. The number of aliphatic carboxylic acids is 1. The van der Waals surface area contributed by atoms with Gasteiger partial charge in [-0.15, -0.1) is 0 Å². The van der Waals surface area contributed by atoms with Crippen molar-refractivity contribution in [1.29, 1.82) is 0 Å². The predicted octanol–water partition coefficient (Wildman–Crippen LogP) is 2.33. The number of amides is 1. The van der Waals surface area contributed by atoms with E-state index in [1.807, 2.05) is 13.8 Å². The van der Waals surface area contributed by atoms with Crippen LogP contribution in [0.1, 0.15) is 55.8 Å². The SMILES string of the molecule is CC(C)c1ncc(Cl)c(C(=O)N2CCCC2(C)C(=O)O)n1. The maximum absolute atomic E-state index is 12.7. The Bertz CT molecular complexity index is 591. The fraction of sp³-hybridized carbons (Fsp3) is 0.571. The van der Waals surface area contributed by atoms with Gasteiger partial charge in [0.25, 0.3) is 5.91 Å². The van der Waals surface area contributed by atoms with E-state index in [2.05, 4.69) is 9.97 Å². The minimum Gasteiger partial charge on any atom is -0.480 e. The number of nitrogens with zero attached hydrogens (tertiary/aromatic N) is 3. The van der Waals surface area contributed by atoms with E-state index in [9.17, 15) is 14.7 Å². The molecule has 1 aliphatic rings. The molecule has 6 nitrogen and oxygen atoms in total. The van der Waals surface area contributed by atoms with Crippen molar-refractivity contribution in [3.8, 4) is 0 Å². The number of carboxylic acids is 1. The van der Waals surface area contributed by atoms with Gasteiger partial charge in [0.05, 0.1) is 11.2 Å². The molecule has 114 valence electrons. The van der Waals surface area contributed by atoms with Crippen molar-refractivity contribution in [3.63, 3.8) is 0 Å². The number of carbonyl (C=O) groups excluding carboxylic acids is 1. The third kappa shape index (κ3) is 2.72. The molecule has 0 saturated carbocycles. The molecule has 1 amide bonds. The zero-order valence-corrected chi connectivity index (χ0v) is 13.0. The highest BCUT2D eigenvalue weighted by Gasteiger charge is 2.46. The van der Waals surface area contributed by atoms with E-state index in [4.69, 9.17) is 11.6 Å². The zero-order valence-electron chi connectivity index (χ0n) is 12.3. The summed E-state index contributed by atoms with van der Waals surface area (Å²) in [4.78, 5) is 33.8. The monoisotopic (exact) mass is 311 g/mol. The Kier molecular flexibility index (Phi) is 4.18. The van der Waals surface area contributed by atoms with E-state index in [0.717, 1.165) is 0 Å². The van der Waals surface area contributed by atoms with Gasteiger partial charge >= 0.3 is 5.97 Å². The van der Waals surface area contributed by atoms with Gasteiger partial charge in [-0.2, -0.15) is 0 Å². The molecular formula is C14H18ClN3O3. The first-order valence-corrected chi connectivity index (χ1v) is 7.23. The summed E-state index contributed by atoms with van der Waals surface area (Å²) in [6.45, 7) is 5.76. The lowest BCUT2D eigenvalue weighted by molar-refractivity contribution is -0.147. The van der Waals surface area contributed by atoms with Crippen LogP contribution in [0, 0.1) is 0 Å². The van der Waals surface area contributed by atoms with Crippen molar-refractivity contribution < 1.29 is 14.7 Å². The van der Waals surface area contributed by atoms with Crippen molar-refractivity contribution in [2.24, 2.45) is 0 Å². The number of hydrogen-bond acceptors (Lipinski definition) is 4. The van der Waals surface area contributed by atoms with Crippen LogP contribution in [0.2, 0.25) is 5.02 Å². The molecule has 1 saturated heterocycles. The molecular weight excluding hydrogens is 294 g/mol. The summed E-state index contributed by atoms with van der Waals surface area (Å²) >= 11 is 6.03. The summed E-state index contributed by atoms with van der Waals surface area (Å²) < 4.78 is 0. The van der Waals surface area contributed by atoms with E-state index in [1.165, 1.54) is 11.1 Å². The lowest BCUT2D eigenvalue weighted by Gasteiger charge is -2.31. The van der Waals surface area contributed by atoms with Crippen LogP contribution in [0.3, 0.4) is 0 Å². The van der Waals surface area contributed by atoms with Crippen LogP contribution in [0.15, 0.2) is 6.20 Å². The van der Waals surface area contributed by atoms with E-state index >= 15 is 0 Å². The van der Waals surface area contributed by atoms with E-state index < -0.39 is 17.4 Å². The van der Waals surface area contributed by atoms with Crippen molar-refractivity contribution >= 4 is 23.5 Å². The number of carbonyl (C=O) groups is 2. The van der Waals surface area contributed by atoms with Gasteiger partial charge in [0, 0.05) is 12.5 Å². The molecule has 0 aromatic carbocycles. The molecule has 1 aromatic rings. The van der Waals surface area contributed by atoms with Crippen molar-refractivity contribution in [2.75, 3.05) is 6.54 Å². The number of carboxylic acid groups (broad SMARTS) is 1. The first kappa shape index (κ1) is 15.7. The number of aromatic nitrogens is 2. The number of likely N-dealkylation sites (tertiary alicyclic amines) is 1. The Morgan fingerprint density at radius 3 is 2.71 bits per heavy atom. The largest absolute Gasteiger partial charge is 0.480 e. The number of rotatable bonds is 3. The molecule has 21 heavy (non-hydrogen) atoms.